The van der Waals surface area contributed by atoms with Crippen LogP contribution in [0, 0.1) is 17.0 Å². The fraction of sp³-hybridized carbons (Fsp3) is 0.273. The Morgan fingerprint density at radius 2 is 1.88 bits per heavy atom. The number of nitrogens with one attached hydrogen (secondary N) is 3. The van der Waals surface area contributed by atoms with Crippen molar-refractivity contribution in [3.05, 3.63) is 75.7 Å². The van der Waals surface area contributed by atoms with Gasteiger partial charge in [-0.2, -0.15) is 4.98 Å². The summed E-state index contributed by atoms with van der Waals surface area (Å²) in [6, 6.07) is 9.23. The highest BCUT2D eigenvalue weighted by Crippen LogP contribution is 2.32. The van der Waals surface area contributed by atoms with Crippen molar-refractivity contribution in [2.45, 2.75) is 12.0 Å². The van der Waals surface area contributed by atoms with Crippen LogP contribution in [0.25, 0.3) is 0 Å². The smallest absolute Gasteiger partial charge is 0.263 e. The van der Waals surface area contributed by atoms with Crippen LogP contribution < -0.4 is 15.8 Å². The number of nitrogens with zero attached hydrogens (tertiary/aromatic N) is 4. The second-order valence-corrected chi connectivity index (χ2v) is 7.88. The normalized spacial score (nSPS) is 18.2. The van der Waals surface area contributed by atoms with Crippen molar-refractivity contribution < 1.29 is 8.78 Å². The SMILES string of the molecule is CN(C)[C@@H]1CN(c2nc(Nc3ccc(F)cn3)c(C=N)c(=O)[nH]2)C[C@H]1c1ccc(F)cc1. The highest BCUT2D eigenvalue weighted by Gasteiger charge is 2.36. The van der Waals surface area contributed by atoms with Crippen molar-refractivity contribution in [3.63, 3.8) is 0 Å². The molecule has 3 heterocycles. The van der Waals surface area contributed by atoms with E-state index in [2.05, 4.69) is 25.2 Å². The first-order chi connectivity index (χ1) is 15.4. The molecule has 32 heavy (non-hydrogen) atoms. The molecule has 8 nitrogen and oxygen atoms in total. The predicted octanol–water partition coefficient (Wildman–Crippen LogP) is 2.72. The Labute approximate surface area is 183 Å². The van der Waals surface area contributed by atoms with E-state index < -0.39 is 11.4 Å². The molecule has 3 aromatic rings. The summed E-state index contributed by atoms with van der Waals surface area (Å²) < 4.78 is 26.6. The Morgan fingerprint density at radius 1 is 1.16 bits per heavy atom. The van der Waals surface area contributed by atoms with E-state index in [9.17, 15) is 13.6 Å². The van der Waals surface area contributed by atoms with Gasteiger partial charge in [-0.05, 0) is 43.9 Å². The molecule has 1 fully saturated rings. The summed E-state index contributed by atoms with van der Waals surface area (Å²) in [6.45, 7) is 1.16. The number of benzene rings is 1. The molecule has 4 rings (SSSR count). The first kappa shape index (κ1) is 21.6. The monoisotopic (exact) mass is 439 g/mol. The van der Waals surface area contributed by atoms with Gasteiger partial charge in [0.05, 0.1) is 6.20 Å². The minimum atomic E-state index is -0.485. The highest BCUT2D eigenvalue weighted by molar-refractivity contribution is 5.85. The Balaban J connectivity index is 1.67. The van der Waals surface area contributed by atoms with E-state index in [-0.39, 0.29) is 29.2 Å². The molecule has 0 bridgehead atoms. The number of aromatic amines is 1. The number of hydrogen-bond donors (Lipinski definition) is 3. The van der Waals surface area contributed by atoms with Crippen LogP contribution >= 0.6 is 0 Å². The first-order valence-electron chi connectivity index (χ1n) is 10.1. The summed E-state index contributed by atoms with van der Waals surface area (Å²) in [5.41, 5.74) is 0.569. The average molecular weight is 439 g/mol. The summed E-state index contributed by atoms with van der Waals surface area (Å²) >= 11 is 0. The van der Waals surface area contributed by atoms with Crippen molar-refractivity contribution in [2.24, 2.45) is 0 Å². The molecule has 166 valence electrons. The van der Waals surface area contributed by atoms with E-state index in [0.717, 1.165) is 18.0 Å². The highest BCUT2D eigenvalue weighted by atomic mass is 19.1. The van der Waals surface area contributed by atoms with Gasteiger partial charge in [-0.1, -0.05) is 12.1 Å². The lowest BCUT2D eigenvalue weighted by atomic mass is 9.94. The maximum atomic E-state index is 13.4. The summed E-state index contributed by atoms with van der Waals surface area (Å²) in [4.78, 5) is 27.9. The molecule has 1 aromatic carbocycles. The summed E-state index contributed by atoms with van der Waals surface area (Å²) in [5.74, 6) is 0.111. The number of H-pyrrole nitrogens is 1. The number of halogens is 2. The molecule has 0 unspecified atom stereocenters. The number of hydrogen-bond acceptors (Lipinski definition) is 7. The van der Waals surface area contributed by atoms with Crippen molar-refractivity contribution >= 4 is 23.8 Å². The standard InChI is InChI=1S/C22H23F2N7O/c1-30(2)18-12-31(11-17(18)13-3-5-14(23)6-4-13)22-28-20(16(9-25)21(32)29-22)27-19-8-7-15(24)10-26-19/h3-10,17-18,25H,11-12H2,1-2H3,(H2,26,27,28,29,32)/t17-,18+/m0/s1. The van der Waals surface area contributed by atoms with Gasteiger partial charge >= 0.3 is 0 Å². The molecule has 1 saturated heterocycles. The van der Waals surface area contributed by atoms with Gasteiger partial charge in [0, 0.05) is 31.3 Å². The molecular formula is C22H23F2N7O. The van der Waals surface area contributed by atoms with Crippen LogP contribution in [0.3, 0.4) is 0 Å². The lowest BCUT2D eigenvalue weighted by Gasteiger charge is -2.25. The molecule has 0 amide bonds. The van der Waals surface area contributed by atoms with Crippen LogP contribution in [0.5, 0.6) is 0 Å². The number of rotatable bonds is 6. The van der Waals surface area contributed by atoms with Crippen molar-refractivity contribution in [2.75, 3.05) is 37.4 Å². The van der Waals surface area contributed by atoms with Crippen molar-refractivity contribution in [1.82, 2.24) is 19.9 Å². The van der Waals surface area contributed by atoms with Crippen LogP contribution in [-0.4, -0.2) is 59.3 Å². The van der Waals surface area contributed by atoms with Crippen molar-refractivity contribution in [3.8, 4) is 0 Å². The molecule has 0 radical (unpaired) electrons. The van der Waals surface area contributed by atoms with E-state index in [0.29, 0.717) is 24.9 Å². The first-order valence-corrected chi connectivity index (χ1v) is 10.1. The third kappa shape index (κ3) is 4.35. The molecule has 0 saturated carbocycles. The molecule has 3 N–H and O–H groups in total. The largest absolute Gasteiger partial charge is 0.340 e. The third-order valence-electron chi connectivity index (χ3n) is 5.61. The van der Waals surface area contributed by atoms with E-state index in [1.807, 2.05) is 19.0 Å². The number of anilines is 3. The van der Waals surface area contributed by atoms with E-state index in [1.54, 1.807) is 12.1 Å². The maximum Gasteiger partial charge on any atom is 0.263 e. The van der Waals surface area contributed by atoms with Gasteiger partial charge in [0.15, 0.2) is 0 Å². The maximum absolute atomic E-state index is 13.4. The fourth-order valence-corrected chi connectivity index (χ4v) is 3.94. The summed E-state index contributed by atoms with van der Waals surface area (Å²) in [5, 5.41) is 10.5. The van der Waals surface area contributed by atoms with Crippen LogP contribution in [0.2, 0.25) is 0 Å². The topological polar surface area (TPSA) is 101 Å². The molecule has 1 aliphatic rings. The number of likely N-dealkylation sites (N-methyl/N-ethyl adjacent to an activating group) is 1. The van der Waals surface area contributed by atoms with E-state index in [1.165, 1.54) is 24.3 Å². The number of aromatic nitrogens is 3. The van der Waals surface area contributed by atoms with Gasteiger partial charge in [0.25, 0.3) is 5.56 Å². The predicted molar refractivity (Wildman–Crippen MR) is 119 cm³/mol. The second-order valence-electron chi connectivity index (χ2n) is 7.88. The second kappa shape index (κ2) is 8.83. The van der Waals surface area contributed by atoms with Gasteiger partial charge in [0.2, 0.25) is 5.95 Å². The molecular weight excluding hydrogens is 416 g/mol. The van der Waals surface area contributed by atoms with Crippen LogP contribution in [0.1, 0.15) is 17.0 Å². The van der Waals surface area contributed by atoms with Crippen molar-refractivity contribution in [1.29, 1.82) is 5.41 Å². The van der Waals surface area contributed by atoms with Gasteiger partial charge in [-0.15, -0.1) is 0 Å². The quantitative estimate of drug-likeness (QED) is 0.511. The molecule has 0 aliphatic carbocycles. The van der Waals surface area contributed by atoms with Gasteiger partial charge in [-0.3, -0.25) is 9.78 Å². The zero-order valence-electron chi connectivity index (χ0n) is 17.6. The van der Waals surface area contributed by atoms with Gasteiger partial charge < -0.3 is 20.5 Å². The lowest BCUT2D eigenvalue weighted by molar-refractivity contribution is 0.292. The molecule has 10 heteroatoms. The van der Waals surface area contributed by atoms with Gasteiger partial charge in [0.1, 0.15) is 28.8 Å². The summed E-state index contributed by atoms with van der Waals surface area (Å²) in [7, 11) is 3.96. The van der Waals surface area contributed by atoms with Crippen LogP contribution in [0.4, 0.5) is 26.4 Å². The zero-order valence-corrected chi connectivity index (χ0v) is 17.6. The molecule has 0 spiro atoms. The Kier molecular flexibility index (Phi) is 5.95. The Hall–Kier alpha value is -3.66. The minimum Gasteiger partial charge on any atom is -0.340 e. The zero-order chi connectivity index (χ0) is 22.8. The molecule has 1 aliphatic heterocycles. The van der Waals surface area contributed by atoms with Gasteiger partial charge in [-0.25, -0.2) is 13.8 Å². The number of pyridine rings is 1. The van der Waals surface area contributed by atoms with Crippen LogP contribution in [-0.2, 0) is 0 Å². The Bertz CT molecular complexity index is 1160. The average Bonchev–Trinajstić information content (AvgIpc) is 3.22. The summed E-state index contributed by atoms with van der Waals surface area (Å²) in [6.07, 6.45) is 1.96. The van der Waals surface area contributed by atoms with E-state index in [4.69, 9.17) is 5.41 Å². The molecule has 2 atom stereocenters. The van der Waals surface area contributed by atoms with E-state index >= 15 is 0 Å². The lowest BCUT2D eigenvalue weighted by Crippen LogP contribution is -2.35. The fourth-order valence-electron chi connectivity index (χ4n) is 3.94. The third-order valence-corrected chi connectivity index (χ3v) is 5.61. The Morgan fingerprint density at radius 3 is 2.50 bits per heavy atom. The minimum absolute atomic E-state index is 0.0401. The van der Waals surface area contributed by atoms with Crippen LogP contribution in [0.15, 0.2) is 47.4 Å². The molecule has 2 aromatic heterocycles.